The summed E-state index contributed by atoms with van der Waals surface area (Å²) < 4.78 is 4.98. The standard InChI is InChI=1S/C15H24N2O3/c1-15(2,3)17-14(19)7-8-16-10-11-5-6-13(20-4)12(18)9-11/h5-6,9,16,18H,7-8,10H2,1-4H3,(H,17,19). The lowest BCUT2D eigenvalue weighted by atomic mass is 10.1. The third-order valence-corrected chi connectivity index (χ3v) is 2.62. The molecule has 1 aromatic carbocycles. The van der Waals surface area contributed by atoms with Gasteiger partial charge in [-0.1, -0.05) is 6.07 Å². The van der Waals surface area contributed by atoms with Gasteiger partial charge in [-0.25, -0.2) is 0 Å². The first-order valence-electron chi connectivity index (χ1n) is 6.69. The topological polar surface area (TPSA) is 70.6 Å². The van der Waals surface area contributed by atoms with Crippen molar-refractivity contribution < 1.29 is 14.6 Å². The predicted molar refractivity (Wildman–Crippen MR) is 78.9 cm³/mol. The summed E-state index contributed by atoms with van der Waals surface area (Å²) in [6.45, 7) is 7.06. The summed E-state index contributed by atoms with van der Waals surface area (Å²) in [7, 11) is 1.51. The van der Waals surface area contributed by atoms with Gasteiger partial charge in [-0.3, -0.25) is 4.79 Å². The summed E-state index contributed by atoms with van der Waals surface area (Å²) in [4.78, 5) is 11.6. The van der Waals surface area contributed by atoms with E-state index in [0.717, 1.165) is 5.56 Å². The number of methoxy groups -OCH3 is 1. The Morgan fingerprint density at radius 2 is 2.05 bits per heavy atom. The van der Waals surface area contributed by atoms with Gasteiger partial charge in [-0.2, -0.15) is 0 Å². The number of carbonyl (C=O) groups is 1. The van der Waals surface area contributed by atoms with Gasteiger partial charge in [0.15, 0.2) is 11.5 Å². The van der Waals surface area contributed by atoms with E-state index in [1.165, 1.54) is 7.11 Å². The number of phenolic OH excluding ortho intramolecular Hbond substituents is 1. The molecule has 0 saturated carbocycles. The maximum atomic E-state index is 11.6. The Bertz CT molecular complexity index is 453. The molecule has 0 aliphatic rings. The minimum absolute atomic E-state index is 0.0302. The summed E-state index contributed by atoms with van der Waals surface area (Å²) in [5, 5.41) is 15.7. The van der Waals surface area contributed by atoms with Gasteiger partial charge in [0.05, 0.1) is 7.11 Å². The molecule has 0 aliphatic heterocycles. The van der Waals surface area contributed by atoms with Crippen molar-refractivity contribution in [3.63, 3.8) is 0 Å². The van der Waals surface area contributed by atoms with E-state index < -0.39 is 0 Å². The van der Waals surface area contributed by atoms with Crippen LogP contribution in [0.5, 0.6) is 11.5 Å². The van der Waals surface area contributed by atoms with Crippen LogP contribution in [-0.2, 0) is 11.3 Å². The molecule has 5 heteroatoms. The van der Waals surface area contributed by atoms with Crippen LogP contribution in [0.15, 0.2) is 18.2 Å². The summed E-state index contributed by atoms with van der Waals surface area (Å²) in [6, 6.07) is 5.25. The lowest BCUT2D eigenvalue weighted by Gasteiger charge is -2.20. The number of hydrogen-bond donors (Lipinski definition) is 3. The fraction of sp³-hybridized carbons (Fsp3) is 0.533. The normalized spacial score (nSPS) is 11.2. The van der Waals surface area contributed by atoms with Crippen LogP contribution >= 0.6 is 0 Å². The molecular formula is C15H24N2O3. The van der Waals surface area contributed by atoms with Crippen molar-refractivity contribution in [3.05, 3.63) is 23.8 Å². The average molecular weight is 280 g/mol. The first kappa shape index (κ1) is 16.3. The fourth-order valence-electron chi connectivity index (χ4n) is 1.76. The highest BCUT2D eigenvalue weighted by Crippen LogP contribution is 2.25. The number of nitrogens with one attached hydrogen (secondary N) is 2. The van der Waals surface area contributed by atoms with E-state index in [1.54, 1.807) is 12.1 Å². The minimum atomic E-state index is -0.196. The number of amides is 1. The third kappa shape index (κ3) is 5.93. The van der Waals surface area contributed by atoms with E-state index in [0.29, 0.717) is 25.3 Å². The van der Waals surface area contributed by atoms with Gasteiger partial charge in [0.1, 0.15) is 0 Å². The number of hydrogen-bond acceptors (Lipinski definition) is 4. The highest BCUT2D eigenvalue weighted by Gasteiger charge is 2.12. The molecule has 0 saturated heterocycles. The van der Waals surface area contributed by atoms with Gasteiger partial charge < -0.3 is 20.5 Å². The van der Waals surface area contributed by atoms with Gasteiger partial charge in [0.2, 0.25) is 5.91 Å². The molecule has 1 aromatic rings. The van der Waals surface area contributed by atoms with E-state index in [-0.39, 0.29) is 17.2 Å². The molecule has 0 atom stereocenters. The SMILES string of the molecule is COc1ccc(CNCCC(=O)NC(C)(C)C)cc1O. The largest absolute Gasteiger partial charge is 0.504 e. The molecule has 1 amide bonds. The summed E-state index contributed by atoms with van der Waals surface area (Å²) in [5.74, 6) is 0.609. The summed E-state index contributed by atoms with van der Waals surface area (Å²) in [5.41, 5.74) is 0.748. The zero-order chi connectivity index (χ0) is 15.2. The number of benzene rings is 1. The van der Waals surface area contributed by atoms with Crippen LogP contribution < -0.4 is 15.4 Å². The molecule has 0 aromatic heterocycles. The molecule has 0 radical (unpaired) electrons. The van der Waals surface area contributed by atoms with Crippen molar-refractivity contribution in [2.45, 2.75) is 39.3 Å². The van der Waals surface area contributed by atoms with Gasteiger partial charge in [-0.05, 0) is 38.5 Å². The lowest BCUT2D eigenvalue weighted by molar-refractivity contribution is -0.122. The second-order valence-corrected chi connectivity index (χ2v) is 5.73. The van der Waals surface area contributed by atoms with Crippen molar-refractivity contribution in [1.29, 1.82) is 0 Å². The average Bonchev–Trinajstić information content (AvgIpc) is 2.33. The Hall–Kier alpha value is -1.75. The van der Waals surface area contributed by atoms with E-state index in [1.807, 2.05) is 26.8 Å². The highest BCUT2D eigenvalue weighted by molar-refractivity contribution is 5.76. The molecule has 5 nitrogen and oxygen atoms in total. The van der Waals surface area contributed by atoms with Crippen molar-refractivity contribution in [1.82, 2.24) is 10.6 Å². The number of phenols is 1. The third-order valence-electron chi connectivity index (χ3n) is 2.62. The van der Waals surface area contributed by atoms with Crippen molar-refractivity contribution in [2.24, 2.45) is 0 Å². The molecule has 112 valence electrons. The van der Waals surface area contributed by atoms with Gasteiger partial charge in [-0.15, -0.1) is 0 Å². The highest BCUT2D eigenvalue weighted by atomic mass is 16.5. The Balaban J connectivity index is 2.31. The molecule has 3 N–H and O–H groups in total. The predicted octanol–water partition coefficient (Wildman–Crippen LogP) is 1.80. The quantitative estimate of drug-likeness (QED) is 0.695. The second-order valence-electron chi connectivity index (χ2n) is 5.73. The number of aromatic hydroxyl groups is 1. The molecule has 0 aliphatic carbocycles. The second kappa shape index (κ2) is 7.14. The first-order chi connectivity index (χ1) is 9.31. The maximum absolute atomic E-state index is 11.6. The van der Waals surface area contributed by atoms with E-state index in [4.69, 9.17) is 4.74 Å². The Labute approximate surface area is 120 Å². The molecule has 0 fully saturated rings. The molecule has 0 unspecified atom stereocenters. The Morgan fingerprint density at radius 1 is 1.35 bits per heavy atom. The summed E-state index contributed by atoms with van der Waals surface area (Å²) in [6.07, 6.45) is 0.430. The number of rotatable bonds is 6. The van der Waals surface area contributed by atoms with Crippen LogP contribution in [0.1, 0.15) is 32.8 Å². The molecule has 0 heterocycles. The minimum Gasteiger partial charge on any atom is -0.504 e. The fourth-order valence-corrected chi connectivity index (χ4v) is 1.76. The van der Waals surface area contributed by atoms with Gasteiger partial charge >= 0.3 is 0 Å². The molecule has 20 heavy (non-hydrogen) atoms. The Morgan fingerprint density at radius 3 is 2.60 bits per heavy atom. The van der Waals surface area contributed by atoms with Crippen molar-refractivity contribution in [2.75, 3.05) is 13.7 Å². The molecule has 0 bridgehead atoms. The molecule has 1 rings (SSSR count). The van der Waals surface area contributed by atoms with E-state index in [9.17, 15) is 9.90 Å². The monoisotopic (exact) mass is 280 g/mol. The van der Waals surface area contributed by atoms with Crippen molar-refractivity contribution >= 4 is 5.91 Å². The molecule has 0 spiro atoms. The van der Waals surface area contributed by atoms with Crippen molar-refractivity contribution in [3.8, 4) is 11.5 Å². The van der Waals surface area contributed by atoms with Crippen LogP contribution in [0.25, 0.3) is 0 Å². The zero-order valence-corrected chi connectivity index (χ0v) is 12.6. The van der Waals surface area contributed by atoms with E-state index in [2.05, 4.69) is 10.6 Å². The van der Waals surface area contributed by atoms with Crippen LogP contribution in [0.2, 0.25) is 0 Å². The maximum Gasteiger partial charge on any atom is 0.221 e. The van der Waals surface area contributed by atoms with Crippen LogP contribution in [0, 0.1) is 0 Å². The van der Waals surface area contributed by atoms with Gasteiger partial charge in [0.25, 0.3) is 0 Å². The van der Waals surface area contributed by atoms with Crippen LogP contribution in [0.3, 0.4) is 0 Å². The smallest absolute Gasteiger partial charge is 0.221 e. The zero-order valence-electron chi connectivity index (χ0n) is 12.6. The lowest BCUT2D eigenvalue weighted by Crippen LogP contribution is -2.41. The van der Waals surface area contributed by atoms with Crippen LogP contribution in [0.4, 0.5) is 0 Å². The summed E-state index contributed by atoms with van der Waals surface area (Å²) >= 11 is 0. The number of carbonyl (C=O) groups excluding carboxylic acids is 1. The first-order valence-corrected chi connectivity index (χ1v) is 6.69. The van der Waals surface area contributed by atoms with Crippen LogP contribution in [-0.4, -0.2) is 30.2 Å². The molecular weight excluding hydrogens is 256 g/mol. The number of ether oxygens (including phenoxy) is 1. The van der Waals surface area contributed by atoms with E-state index >= 15 is 0 Å². The van der Waals surface area contributed by atoms with Gasteiger partial charge in [0, 0.05) is 25.0 Å². The Kier molecular flexibility index (Phi) is 5.82.